The summed E-state index contributed by atoms with van der Waals surface area (Å²) in [6.07, 6.45) is 0.892. The normalized spacial score (nSPS) is 15.1. The lowest BCUT2D eigenvalue weighted by Crippen LogP contribution is -2.38. The minimum atomic E-state index is -0.374. The van der Waals surface area contributed by atoms with Crippen LogP contribution in [0.15, 0.2) is 0 Å². The number of hydrogen-bond acceptors (Lipinski definition) is 5. The average Bonchev–Trinajstić information content (AvgIpc) is 2.89. The molecule has 1 amide bonds. The molecule has 0 spiro atoms. The highest BCUT2D eigenvalue weighted by Crippen LogP contribution is 2.23. The van der Waals surface area contributed by atoms with Crippen LogP contribution < -0.4 is 5.32 Å². The number of nitrogens with zero attached hydrogens (tertiary/aromatic N) is 2. The van der Waals surface area contributed by atoms with Crippen molar-refractivity contribution in [3.05, 3.63) is 22.5 Å². The summed E-state index contributed by atoms with van der Waals surface area (Å²) in [7, 11) is 0. The van der Waals surface area contributed by atoms with Gasteiger partial charge in [0, 0.05) is 31.9 Å². The van der Waals surface area contributed by atoms with Gasteiger partial charge in [-0.15, -0.1) is 0 Å². The number of ether oxygens (including phenoxy) is 2. The third kappa shape index (κ3) is 4.65. The fourth-order valence-electron chi connectivity index (χ4n) is 3.51. The molecule has 1 fully saturated rings. The molecule has 7 heteroatoms. The van der Waals surface area contributed by atoms with Crippen molar-refractivity contribution in [1.29, 1.82) is 0 Å². The maximum Gasteiger partial charge on any atom is 0.355 e. The van der Waals surface area contributed by atoms with Crippen molar-refractivity contribution in [3.63, 3.8) is 0 Å². The Kier molecular flexibility index (Phi) is 7.66. The molecule has 0 aliphatic carbocycles. The number of hydrogen-bond donors (Lipinski definition) is 1. The number of amides is 1. The highest BCUT2D eigenvalue weighted by Gasteiger charge is 2.26. The maximum atomic E-state index is 12.7. The first-order valence-corrected chi connectivity index (χ1v) is 9.46. The predicted molar refractivity (Wildman–Crippen MR) is 99.7 cm³/mol. The lowest BCUT2D eigenvalue weighted by atomic mass is 10.1. The SMILES string of the molecule is CCOC(=O)c1c(C)c(C(=O)NCCCN2CCOCC2)c(C)n1CC. The molecule has 1 aliphatic rings. The zero-order valence-corrected chi connectivity index (χ0v) is 16.4. The molecule has 1 saturated heterocycles. The van der Waals surface area contributed by atoms with Crippen molar-refractivity contribution < 1.29 is 19.1 Å². The Morgan fingerprint density at radius 1 is 1.19 bits per heavy atom. The molecule has 1 aromatic rings. The van der Waals surface area contributed by atoms with Gasteiger partial charge in [0.2, 0.25) is 0 Å². The van der Waals surface area contributed by atoms with Gasteiger partial charge in [-0.05, 0) is 46.2 Å². The molecule has 2 heterocycles. The molecule has 0 atom stereocenters. The van der Waals surface area contributed by atoms with Crippen molar-refractivity contribution in [2.45, 2.75) is 40.7 Å². The molecular weight excluding hydrogens is 334 g/mol. The van der Waals surface area contributed by atoms with Gasteiger partial charge >= 0.3 is 5.97 Å². The summed E-state index contributed by atoms with van der Waals surface area (Å²) in [5.41, 5.74) is 2.55. The van der Waals surface area contributed by atoms with Crippen molar-refractivity contribution in [3.8, 4) is 0 Å². The summed E-state index contributed by atoms with van der Waals surface area (Å²) in [6, 6.07) is 0. The first-order chi connectivity index (χ1) is 12.5. The Bertz CT molecular complexity index is 633. The van der Waals surface area contributed by atoms with E-state index in [1.807, 2.05) is 25.3 Å². The van der Waals surface area contributed by atoms with E-state index in [2.05, 4.69) is 10.2 Å². The van der Waals surface area contributed by atoms with Crippen LogP contribution in [0.4, 0.5) is 0 Å². The Balaban J connectivity index is 2.00. The van der Waals surface area contributed by atoms with Crippen molar-refractivity contribution in [2.75, 3.05) is 46.0 Å². The fourth-order valence-corrected chi connectivity index (χ4v) is 3.51. The molecule has 0 radical (unpaired) electrons. The van der Waals surface area contributed by atoms with E-state index in [0.717, 1.165) is 45.0 Å². The lowest BCUT2D eigenvalue weighted by Gasteiger charge is -2.26. The van der Waals surface area contributed by atoms with E-state index in [0.29, 0.717) is 36.5 Å². The Morgan fingerprint density at radius 3 is 2.50 bits per heavy atom. The van der Waals surface area contributed by atoms with E-state index in [9.17, 15) is 9.59 Å². The van der Waals surface area contributed by atoms with Crippen LogP contribution in [0.25, 0.3) is 0 Å². The molecule has 146 valence electrons. The third-order valence-electron chi connectivity index (χ3n) is 4.82. The molecule has 1 N–H and O–H groups in total. The number of nitrogens with one attached hydrogen (secondary N) is 1. The summed E-state index contributed by atoms with van der Waals surface area (Å²) in [4.78, 5) is 27.3. The van der Waals surface area contributed by atoms with Gasteiger partial charge in [-0.25, -0.2) is 4.79 Å². The zero-order chi connectivity index (χ0) is 19.1. The van der Waals surface area contributed by atoms with Gasteiger partial charge in [0.25, 0.3) is 5.91 Å². The Morgan fingerprint density at radius 2 is 1.88 bits per heavy atom. The highest BCUT2D eigenvalue weighted by atomic mass is 16.5. The van der Waals surface area contributed by atoms with E-state index >= 15 is 0 Å². The van der Waals surface area contributed by atoms with E-state index in [4.69, 9.17) is 9.47 Å². The number of esters is 1. The van der Waals surface area contributed by atoms with Crippen LogP contribution in [-0.2, 0) is 16.0 Å². The van der Waals surface area contributed by atoms with Crippen LogP contribution in [0, 0.1) is 13.8 Å². The van der Waals surface area contributed by atoms with Gasteiger partial charge in [-0.3, -0.25) is 9.69 Å². The van der Waals surface area contributed by atoms with E-state index in [-0.39, 0.29) is 11.9 Å². The minimum absolute atomic E-state index is 0.125. The third-order valence-corrected chi connectivity index (χ3v) is 4.82. The highest BCUT2D eigenvalue weighted by molar-refractivity contribution is 6.01. The summed E-state index contributed by atoms with van der Waals surface area (Å²) < 4.78 is 12.4. The van der Waals surface area contributed by atoms with E-state index in [1.54, 1.807) is 6.92 Å². The molecule has 0 bridgehead atoms. The second-order valence-corrected chi connectivity index (χ2v) is 6.46. The fraction of sp³-hybridized carbons (Fsp3) is 0.684. The van der Waals surface area contributed by atoms with Crippen LogP contribution >= 0.6 is 0 Å². The first-order valence-electron chi connectivity index (χ1n) is 9.46. The molecule has 0 saturated carbocycles. The predicted octanol–water partition coefficient (Wildman–Crippen LogP) is 1.75. The number of aromatic nitrogens is 1. The van der Waals surface area contributed by atoms with Crippen LogP contribution in [0.5, 0.6) is 0 Å². The lowest BCUT2D eigenvalue weighted by molar-refractivity contribution is 0.0374. The van der Waals surface area contributed by atoms with Gasteiger partial charge < -0.3 is 19.4 Å². The second kappa shape index (κ2) is 9.73. The second-order valence-electron chi connectivity index (χ2n) is 6.46. The summed E-state index contributed by atoms with van der Waals surface area (Å²) >= 11 is 0. The van der Waals surface area contributed by atoms with Crippen molar-refractivity contribution in [1.82, 2.24) is 14.8 Å². The van der Waals surface area contributed by atoms with Gasteiger partial charge in [-0.2, -0.15) is 0 Å². The molecular formula is C19H31N3O4. The Labute approximate surface area is 155 Å². The standard InChI is InChI=1S/C19H31N3O4/c1-5-22-15(4)16(14(3)17(22)19(24)26-6-2)18(23)20-8-7-9-21-10-12-25-13-11-21/h5-13H2,1-4H3,(H,20,23). The largest absolute Gasteiger partial charge is 0.461 e. The van der Waals surface area contributed by atoms with Gasteiger partial charge in [0.1, 0.15) is 5.69 Å². The molecule has 26 heavy (non-hydrogen) atoms. The van der Waals surface area contributed by atoms with Crippen LogP contribution in [0.3, 0.4) is 0 Å². The van der Waals surface area contributed by atoms with E-state index in [1.165, 1.54) is 0 Å². The number of carbonyl (C=O) groups excluding carboxylic acids is 2. The molecule has 2 rings (SSSR count). The van der Waals surface area contributed by atoms with Crippen LogP contribution in [0.1, 0.15) is 52.4 Å². The number of rotatable bonds is 8. The maximum absolute atomic E-state index is 12.7. The van der Waals surface area contributed by atoms with Crippen molar-refractivity contribution >= 4 is 11.9 Å². The van der Waals surface area contributed by atoms with Crippen LogP contribution in [-0.4, -0.2) is 67.3 Å². The summed E-state index contributed by atoms with van der Waals surface area (Å²) in [6.45, 7) is 13.4. The smallest absolute Gasteiger partial charge is 0.355 e. The summed E-state index contributed by atoms with van der Waals surface area (Å²) in [5, 5.41) is 2.99. The van der Waals surface area contributed by atoms with Crippen molar-refractivity contribution in [2.24, 2.45) is 0 Å². The zero-order valence-electron chi connectivity index (χ0n) is 16.4. The average molecular weight is 365 g/mol. The first kappa shape index (κ1) is 20.5. The molecule has 7 nitrogen and oxygen atoms in total. The molecule has 1 aromatic heterocycles. The van der Waals surface area contributed by atoms with E-state index < -0.39 is 0 Å². The summed E-state index contributed by atoms with van der Waals surface area (Å²) in [5.74, 6) is -0.499. The van der Waals surface area contributed by atoms with Gasteiger partial charge in [0.05, 0.1) is 25.4 Å². The monoisotopic (exact) mass is 365 g/mol. The number of carbonyl (C=O) groups is 2. The Hall–Kier alpha value is -1.86. The van der Waals surface area contributed by atoms with Gasteiger partial charge in [0.15, 0.2) is 0 Å². The van der Waals surface area contributed by atoms with Gasteiger partial charge in [-0.1, -0.05) is 0 Å². The quantitative estimate of drug-likeness (QED) is 0.561. The minimum Gasteiger partial charge on any atom is -0.461 e. The topological polar surface area (TPSA) is 72.8 Å². The number of morpholine rings is 1. The van der Waals surface area contributed by atoms with Crippen LogP contribution in [0.2, 0.25) is 0 Å². The molecule has 0 unspecified atom stereocenters. The molecule has 0 aromatic carbocycles. The molecule has 1 aliphatic heterocycles.